The van der Waals surface area contributed by atoms with Gasteiger partial charge in [0.05, 0.1) is 12.2 Å². The van der Waals surface area contributed by atoms with E-state index in [1.54, 1.807) is 0 Å². The van der Waals surface area contributed by atoms with E-state index < -0.39 is 0 Å². The Labute approximate surface area is 92.2 Å². The van der Waals surface area contributed by atoms with Gasteiger partial charge < -0.3 is 4.90 Å². The molecule has 1 heterocycles. The van der Waals surface area contributed by atoms with Crippen LogP contribution in [0.5, 0.6) is 0 Å². The number of nitrogens with one attached hydrogen (secondary N) is 1. The molecule has 1 unspecified atom stereocenters. The lowest BCUT2D eigenvalue weighted by atomic mass is 10.1. The van der Waals surface area contributed by atoms with Gasteiger partial charge in [-0.05, 0) is 26.2 Å². The first-order valence-corrected chi connectivity index (χ1v) is 6.26. The molecular formula is C12H22N2O. The van der Waals surface area contributed by atoms with Crippen molar-refractivity contribution < 1.29 is 4.79 Å². The molecule has 1 spiro atoms. The summed E-state index contributed by atoms with van der Waals surface area (Å²) >= 11 is 0. The maximum Gasteiger partial charge on any atom is 0.244 e. The fourth-order valence-corrected chi connectivity index (χ4v) is 2.38. The largest absolute Gasteiger partial charge is 0.326 e. The Morgan fingerprint density at radius 3 is 2.73 bits per heavy atom. The quantitative estimate of drug-likeness (QED) is 0.703. The van der Waals surface area contributed by atoms with Gasteiger partial charge in [-0.2, -0.15) is 0 Å². The van der Waals surface area contributed by atoms with E-state index in [0.29, 0.717) is 11.9 Å². The van der Waals surface area contributed by atoms with Crippen LogP contribution in [0.1, 0.15) is 52.4 Å². The summed E-state index contributed by atoms with van der Waals surface area (Å²) in [5.41, 5.74) is -0.112. The lowest BCUT2D eigenvalue weighted by molar-refractivity contribution is -0.131. The SMILES string of the molecule is CCCCCC(C)N1CNC2(CC2)C1=O. The Morgan fingerprint density at radius 1 is 1.47 bits per heavy atom. The third-order valence-corrected chi connectivity index (χ3v) is 3.77. The van der Waals surface area contributed by atoms with Crippen LogP contribution in [0.25, 0.3) is 0 Å². The van der Waals surface area contributed by atoms with Gasteiger partial charge in [-0.25, -0.2) is 0 Å². The standard InChI is InChI=1S/C12H22N2O/c1-3-4-5-6-10(2)14-9-13-12(7-8-12)11(14)15/h10,13H,3-9H2,1-2H3. The number of hydrogen-bond donors (Lipinski definition) is 1. The number of unbranched alkanes of at least 4 members (excludes halogenated alkanes) is 2. The van der Waals surface area contributed by atoms with Crippen molar-refractivity contribution in [2.24, 2.45) is 0 Å². The summed E-state index contributed by atoms with van der Waals surface area (Å²) in [5, 5.41) is 3.35. The van der Waals surface area contributed by atoms with E-state index in [1.165, 1.54) is 19.3 Å². The van der Waals surface area contributed by atoms with Gasteiger partial charge in [0, 0.05) is 6.04 Å². The minimum atomic E-state index is -0.112. The molecule has 0 aromatic rings. The molecule has 0 bridgehead atoms. The molecule has 86 valence electrons. The van der Waals surface area contributed by atoms with E-state index in [-0.39, 0.29) is 5.54 Å². The molecule has 0 radical (unpaired) electrons. The van der Waals surface area contributed by atoms with Crippen molar-refractivity contribution in [2.75, 3.05) is 6.67 Å². The minimum absolute atomic E-state index is 0.112. The molecule has 0 aromatic carbocycles. The first-order chi connectivity index (χ1) is 7.19. The lowest BCUT2D eigenvalue weighted by Gasteiger charge is -2.23. The maximum atomic E-state index is 12.0. The van der Waals surface area contributed by atoms with Crippen LogP contribution in [0.2, 0.25) is 0 Å². The summed E-state index contributed by atoms with van der Waals surface area (Å²) in [5.74, 6) is 0.353. The van der Waals surface area contributed by atoms with Gasteiger partial charge in [-0.1, -0.05) is 26.2 Å². The van der Waals surface area contributed by atoms with E-state index in [4.69, 9.17) is 0 Å². The zero-order chi connectivity index (χ0) is 10.9. The summed E-state index contributed by atoms with van der Waals surface area (Å²) in [6.07, 6.45) is 7.02. The first-order valence-electron chi connectivity index (χ1n) is 6.26. The van der Waals surface area contributed by atoms with Gasteiger partial charge in [-0.15, -0.1) is 0 Å². The van der Waals surface area contributed by atoms with Crippen molar-refractivity contribution in [3.8, 4) is 0 Å². The lowest BCUT2D eigenvalue weighted by Crippen LogP contribution is -2.37. The Morgan fingerprint density at radius 2 is 2.20 bits per heavy atom. The molecule has 1 amide bonds. The summed E-state index contributed by atoms with van der Waals surface area (Å²) < 4.78 is 0. The molecule has 1 saturated carbocycles. The van der Waals surface area contributed by atoms with Crippen molar-refractivity contribution in [1.29, 1.82) is 0 Å². The first kappa shape index (κ1) is 10.9. The topological polar surface area (TPSA) is 32.3 Å². The third-order valence-electron chi connectivity index (χ3n) is 3.77. The number of hydrogen-bond acceptors (Lipinski definition) is 2. The summed E-state index contributed by atoms with van der Waals surface area (Å²) in [7, 11) is 0. The van der Waals surface area contributed by atoms with Crippen molar-refractivity contribution in [1.82, 2.24) is 10.2 Å². The van der Waals surface area contributed by atoms with Crippen molar-refractivity contribution in [3.05, 3.63) is 0 Å². The molecule has 3 heteroatoms. The molecule has 15 heavy (non-hydrogen) atoms. The zero-order valence-electron chi connectivity index (χ0n) is 9.88. The van der Waals surface area contributed by atoms with Crippen LogP contribution in [0.3, 0.4) is 0 Å². The zero-order valence-corrected chi connectivity index (χ0v) is 9.88. The summed E-state index contributed by atoms with van der Waals surface area (Å²) in [6.45, 7) is 5.16. The second kappa shape index (κ2) is 4.12. The molecule has 2 rings (SSSR count). The van der Waals surface area contributed by atoms with Crippen LogP contribution in [-0.4, -0.2) is 29.1 Å². The van der Waals surface area contributed by atoms with Gasteiger partial charge in [0.15, 0.2) is 0 Å². The minimum Gasteiger partial charge on any atom is -0.326 e. The number of amides is 1. The Bertz CT molecular complexity index is 248. The molecule has 1 saturated heterocycles. The molecule has 1 N–H and O–H groups in total. The van der Waals surface area contributed by atoms with Crippen LogP contribution < -0.4 is 5.32 Å². The fourth-order valence-electron chi connectivity index (χ4n) is 2.38. The van der Waals surface area contributed by atoms with E-state index in [9.17, 15) is 4.79 Å². The van der Waals surface area contributed by atoms with E-state index in [0.717, 1.165) is 25.9 Å². The van der Waals surface area contributed by atoms with Gasteiger partial charge in [0.25, 0.3) is 0 Å². The van der Waals surface area contributed by atoms with Crippen molar-refractivity contribution >= 4 is 5.91 Å². The highest BCUT2D eigenvalue weighted by Crippen LogP contribution is 2.40. The molecule has 1 aliphatic heterocycles. The normalized spacial score (nSPS) is 24.9. The number of carbonyl (C=O) groups is 1. The molecule has 3 nitrogen and oxygen atoms in total. The van der Waals surface area contributed by atoms with Gasteiger partial charge in [-0.3, -0.25) is 10.1 Å². The van der Waals surface area contributed by atoms with Crippen LogP contribution in [0, 0.1) is 0 Å². The predicted molar refractivity (Wildman–Crippen MR) is 60.4 cm³/mol. The Kier molecular flexibility index (Phi) is 3.01. The third kappa shape index (κ3) is 2.03. The van der Waals surface area contributed by atoms with Crippen LogP contribution in [0.15, 0.2) is 0 Å². The van der Waals surface area contributed by atoms with E-state index in [2.05, 4.69) is 19.2 Å². The molecular weight excluding hydrogens is 188 g/mol. The fraction of sp³-hybridized carbons (Fsp3) is 0.917. The summed E-state index contributed by atoms with van der Waals surface area (Å²) in [6, 6.07) is 0.413. The highest BCUT2D eigenvalue weighted by Gasteiger charge is 2.56. The average Bonchev–Trinajstić information content (AvgIpc) is 2.92. The predicted octanol–water partition coefficient (Wildman–Crippen LogP) is 1.88. The maximum absolute atomic E-state index is 12.0. The van der Waals surface area contributed by atoms with Gasteiger partial charge in [0.2, 0.25) is 5.91 Å². The summed E-state index contributed by atoms with van der Waals surface area (Å²) in [4.78, 5) is 14.1. The van der Waals surface area contributed by atoms with Crippen LogP contribution in [-0.2, 0) is 4.79 Å². The van der Waals surface area contributed by atoms with Crippen molar-refractivity contribution in [2.45, 2.75) is 64.0 Å². The Hall–Kier alpha value is -0.570. The number of nitrogens with zero attached hydrogens (tertiary/aromatic N) is 1. The molecule has 2 fully saturated rings. The molecule has 2 aliphatic rings. The van der Waals surface area contributed by atoms with E-state index in [1.807, 2.05) is 4.90 Å². The monoisotopic (exact) mass is 210 g/mol. The van der Waals surface area contributed by atoms with Gasteiger partial charge >= 0.3 is 0 Å². The highest BCUT2D eigenvalue weighted by molar-refractivity contribution is 5.91. The second-order valence-electron chi connectivity index (χ2n) is 5.04. The Balaban J connectivity index is 1.81. The van der Waals surface area contributed by atoms with Crippen LogP contribution in [0.4, 0.5) is 0 Å². The smallest absolute Gasteiger partial charge is 0.244 e. The average molecular weight is 210 g/mol. The van der Waals surface area contributed by atoms with Crippen molar-refractivity contribution in [3.63, 3.8) is 0 Å². The van der Waals surface area contributed by atoms with Gasteiger partial charge in [0.1, 0.15) is 0 Å². The number of carbonyl (C=O) groups excluding carboxylic acids is 1. The molecule has 0 aromatic heterocycles. The second-order valence-corrected chi connectivity index (χ2v) is 5.04. The molecule has 1 atom stereocenters. The number of rotatable bonds is 5. The highest BCUT2D eigenvalue weighted by atomic mass is 16.2. The van der Waals surface area contributed by atoms with E-state index >= 15 is 0 Å². The van der Waals surface area contributed by atoms with Crippen LogP contribution >= 0.6 is 0 Å². The molecule has 1 aliphatic carbocycles.